The van der Waals surface area contributed by atoms with Gasteiger partial charge in [-0.15, -0.1) is 0 Å². The van der Waals surface area contributed by atoms with Gasteiger partial charge in [0.15, 0.2) is 0 Å². The summed E-state index contributed by atoms with van der Waals surface area (Å²) in [5, 5.41) is 2.78. The summed E-state index contributed by atoms with van der Waals surface area (Å²) in [6, 6.07) is 13.0. The highest BCUT2D eigenvalue weighted by Gasteiger charge is 2.52. The number of carbonyl (C=O) groups is 2. The zero-order valence-electron chi connectivity index (χ0n) is 14.7. The van der Waals surface area contributed by atoms with Gasteiger partial charge in [0.05, 0.1) is 16.6 Å². The van der Waals surface area contributed by atoms with E-state index < -0.39 is 34.0 Å². The Kier molecular flexibility index (Phi) is 4.24. The molecule has 2 aromatic rings. The first-order chi connectivity index (χ1) is 12.9. The van der Waals surface area contributed by atoms with Crippen LogP contribution in [0.15, 0.2) is 59.5 Å². The molecule has 7 nitrogen and oxygen atoms in total. The monoisotopic (exact) mass is 385 g/mol. The summed E-state index contributed by atoms with van der Waals surface area (Å²) in [4.78, 5) is 26.7. The number of imide groups is 1. The molecule has 2 saturated heterocycles. The molecule has 3 amide bonds. The van der Waals surface area contributed by atoms with Crippen LogP contribution in [0.2, 0.25) is 0 Å². The molecule has 0 spiro atoms. The van der Waals surface area contributed by atoms with Crippen LogP contribution >= 0.6 is 0 Å². The number of aryl methyl sites for hydroxylation is 1. The van der Waals surface area contributed by atoms with Crippen molar-refractivity contribution in [1.29, 1.82) is 0 Å². The van der Waals surface area contributed by atoms with E-state index in [9.17, 15) is 18.0 Å². The van der Waals surface area contributed by atoms with Crippen molar-refractivity contribution >= 4 is 27.6 Å². The lowest BCUT2D eigenvalue weighted by atomic mass is 10.1. The molecular formula is C19H19N3O4S. The second-order valence-electron chi connectivity index (χ2n) is 6.73. The van der Waals surface area contributed by atoms with Crippen molar-refractivity contribution in [2.24, 2.45) is 0 Å². The second-order valence-corrected chi connectivity index (χ2v) is 8.62. The van der Waals surface area contributed by atoms with Crippen molar-refractivity contribution in [3.8, 4) is 0 Å². The van der Waals surface area contributed by atoms with Crippen molar-refractivity contribution in [2.75, 3.05) is 11.4 Å². The number of nitrogens with zero attached hydrogens (tertiary/aromatic N) is 2. The van der Waals surface area contributed by atoms with Gasteiger partial charge in [-0.3, -0.25) is 4.79 Å². The van der Waals surface area contributed by atoms with E-state index in [0.717, 1.165) is 10.5 Å². The third kappa shape index (κ3) is 2.90. The predicted octanol–water partition coefficient (Wildman–Crippen LogP) is 1.88. The lowest BCUT2D eigenvalue weighted by Crippen LogP contribution is -2.64. The Morgan fingerprint density at radius 1 is 1.00 bits per heavy atom. The average molecular weight is 385 g/mol. The van der Waals surface area contributed by atoms with Crippen LogP contribution in [0, 0.1) is 6.92 Å². The molecule has 0 radical (unpaired) electrons. The minimum Gasteiger partial charge on any atom is -0.332 e. The van der Waals surface area contributed by atoms with Gasteiger partial charge in [-0.05, 0) is 37.6 Å². The van der Waals surface area contributed by atoms with Crippen molar-refractivity contribution in [1.82, 2.24) is 9.62 Å². The minimum absolute atomic E-state index is 0.143. The Morgan fingerprint density at radius 3 is 2.33 bits per heavy atom. The van der Waals surface area contributed by atoms with Gasteiger partial charge in [0.1, 0.15) is 6.04 Å². The summed E-state index contributed by atoms with van der Waals surface area (Å²) >= 11 is 0. The highest BCUT2D eigenvalue weighted by Crippen LogP contribution is 2.31. The molecule has 140 valence electrons. The molecule has 1 N–H and O–H groups in total. The van der Waals surface area contributed by atoms with Crippen LogP contribution in [0.4, 0.5) is 10.5 Å². The summed E-state index contributed by atoms with van der Waals surface area (Å²) in [6.45, 7) is 2.06. The summed E-state index contributed by atoms with van der Waals surface area (Å²) in [7, 11) is -3.85. The van der Waals surface area contributed by atoms with Crippen molar-refractivity contribution in [3.63, 3.8) is 0 Å². The van der Waals surface area contributed by atoms with Gasteiger partial charge in [-0.1, -0.05) is 35.9 Å². The number of amides is 3. The number of carbonyl (C=O) groups excluding carboxylic acids is 2. The Hall–Kier alpha value is -2.71. The lowest BCUT2D eigenvalue weighted by Gasteiger charge is -2.36. The standard InChI is InChI=1S/C19H19N3O4S/c1-13-7-9-15(10-8-13)27(25,26)21-12-11-16-17(21)18(23)22(19(24)20-16)14-5-3-2-4-6-14/h2-10,16-17H,11-12H2,1H3,(H,20,24). The third-order valence-corrected chi connectivity index (χ3v) is 6.87. The van der Waals surface area contributed by atoms with Gasteiger partial charge in [0.25, 0.3) is 5.91 Å². The number of sulfonamides is 1. The number of hydrogen-bond donors (Lipinski definition) is 1. The molecule has 0 aliphatic carbocycles. The Balaban J connectivity index is 1.70. The molecule has 2 aliphatic rings. The second kappa shape index (κ2) is 6.47. The molecule has 0 saturated carbocycles. The van der Waals surface area contributed by atoms with Crippen LogP contribution in [0.3, 0.4) is 0 Å². The van der Waals surface area contributed by atoms with Gasteiger partial charge in [-0.25, -0.2) is 18.1 Å². The van der Waals surface area contributed by atoms with E-state index in [1.165, 1.54) is 4.31 Å². The molecule has 0 aromatic heterocycles. The number of fused-ring (bicyclic) bond motifs is 1. The molecule has 8 heteroatoms. The fraction of sp³-hybridized carbons (Fsp3) is 0.263. The summed E-state index contributed by atoms with van der Waals surface area (Å²) in [5.74, 6) is -0.525. The summed E-state index contributed by atoms with van der Waals surface area (Å²) in [5.41, 5.74) is 1.36. The van der Waals surface area contributed by atoms with Crippen LogP contribution in [0.5, 0.6) is 0 Å². The molecular weight excluding hydrogens is 366 g/mol. The van der Waals surface area contributed by atoms with E-state index in [0.29, 0.717) is 12.1 Å². The zero-order valence-corrected chi connectivity index (χ0v) is 15.5. The van der Waals surface area contributed by atoms with E-state index in [1.807, 2.05) is 6.92 Å². The van der Waals surface area contributed by atoms with Crippen LogP contribution in [0.1, 0.15) is 12.0 Å². The van der Waals surface area contributed by atoms with Crippen molar-refractivity contribution < 1.29 is 18.0 Å². The van der Waals surface area contributed by atoms with Crippen LogP contribution in [0.25, 0.3) is 0 Å². The van der Waals surface area contributed by atoms with E-state index >= 15 is 0 Å². The van der Waals surface area contributed by atoms with E-state index in [4.69, 9.17) is 0 Å². The minimum atomic E-state index is -3.85. The van der Waals surface area contributed by atoms with E-state index in [-0.39, 0.29) is 11.4 Å². The third-order valence-electron chi connectivity index (χ3n) is 4.98. The maximum atomic E-state index is 13.1. The highest BCUT2D eigenvalue weighted by molar-refractivity contribution is 7.89. The molecule has 2 aromatic carbocycles. The summed E-state index contributed by atoms with van der Waals surface area (Å²) < 4.78 is 27.4. The fourth-order valence-electron chi connectivity index (χ4n) is 3.60. The van der Waals surface area contributed by atoms with Crippen molar-refractivity contribution in [2.45, 2.75) is 30.3 Å². The zero-order chi connectivity index (χ0) is 19.2. The molecule has 2 aliphatic heterocycles. The molecule has 2 heterocycles. The number of para-hydroxylation sites is 1. The summed E-state index contributed by atoms with van der Waals surface area (Å²) in [6.07, 6.45) is 0.399. The molecule has 2 atom stereocenters. The molecule has 2 fully saturated rings. The molecule has 2 unspecified atom stereocenters. The molecule has 27 heavy (non-hydrogen) atoms. The van der Waals surface area contributed by atoms with Gasteiger partial charge >= 0.3 is 6.03 Å². The van der Waals surface area contributed by atoms with Gasteiger partial charge < -0.3 is 5.32 Å². The SMILES string of the molecule is Cc1ccc(S(=O)(=O)N2CCC3NC(=O)N(c4ccccc4)C(=O)C32)cc1. The lowest BCUT2D eigenvalue weighted by molar-refractivity contribution is -0.122. The number of nitrogens with one attached hydrogen (secondary N) is 1. The van der Waals surface area contributed by atoms with E-state index in [2.05, 4.69) is 5.32 Å². The quantitative estimate of drug-likeness (QED) is 0.874. The van der Waals surface area contributed by atoms with Gasteiger partial charge in [0, 0.05) is 6.54 Å². The first-order valence-electron chi connectivity index (χ1n) is 8.67. The van der Waals surface area contributed by atoms with Crippen LogP contribution < -0.4 is 10.2 Å². The smallest absolute Gasteiger partial charge is 0.329 e. The van der Waals surface area contributed by atoms with Crippen molar-refractivity contribution in [3.05, 3.63) is 60.2 Å². The van der Waals surface area contributed by atoms with Crippen LogP contribution in [-0.4, -0.2) is 43.3 Å². The number of hydrogen-bond acceptors (Lipinski definition) is 4. The molecule has 0 bridgehead atoms. The first kappa shape index (κ1) is 17.7. The predicted molar refractivity (Wildman–Crippen MR) is 99.7 cm³/mol. The fourth-order valence-corrected chi connectivity index (χ4v) is 5.24. The largest absolute Gasteiger partial charge is 0.332 e. The van der Waals surface area contributed by atoms with E-state index in [1.54, 1.807) is 54.6 Å². The number of benzene rings is 2. The molecule has 4 rings (SSSR count). The maximum Gasteiger partial charge on any atom is 0.329 e. The Labute approximate surface area is 157 Å². The number of rotatable bonds is 3. The topological polar surface area (TPSA) is 86.8 Å². The van der Waals surface area contributed by atoms with Crippen LogP contribution in [-0.2, 0) is 14.8 Å². The number of urea groups is 1. The van der Waals surface area contributed by atoms with Gasteiger partial charge in [-0.2, -0.15) is 4.31 Å². The maximum absolute atomic E-state index is 13.1. The normalized spacial score (nSPS) is 23.2. The van der Waals surface area contributed by atoms with Gasteiger partial charge in [0.2, 0.25) is 10.0 Å². The average Bonchev–Trinajstić information content (AvgIpc) is 3.08. The Bertz CT molecular complexity index is 989. The highest BCUT2D eigenvalue weighted by atomic mass is 32.2. The Morgan fingerprint density at radius 2 is 1.67 bits per heavy atom. The first-order valence-corrected chi connectivity index (χ1v) is 10.1. The number of anilines is 1.